The Hall–Kier alpha value is -3.52. The van der Waals surface area contributed by atoms with Gasteiger partial charge in [0, 0.05) is 11.6 Å². The summed E-state index contributed by atoms with van der Waals surface area (Å²) >= 11 is 1.33. The van der Waals surface area contributed by atoms with E-state index in [1.165, 1.54) is 21.9 Å². The van der Waals surface area contributed by atoms with E-state index in [4.69, 9.17) is 4.74 Å². The topological polar surface area (TPSA) is 85.6 Å². The lowest BCUT2D eigenvalue weighted by Gasteiger charge is -2.10. The van der Waals surface area contributed by atoms with Crippen molar-refractivity contribution in [3.63, 3.8) is 0 Å². The molecular formula is C23H22N4O3S. The monoisotopic (exact) mass is 434 g/mol. The first-order valence-corrected chi connectivity index (χ1v) is 10.8. The molecule has 1 N–H and O–H groups in total. The molecule has 7 nitrogen and oxygen atoms in total. The molecule has 0 atom stereocenters. The fourth-order valence-corrected chi connectivity index (χ4v) is 4.01. The number of carbonyl (C=O) groups is 1. The summed E-state index contributed by atoms with van der Waals surface area (Å²) in [7, 11) is 0. The van der Waals surface area contributed by atoms with Crippen molar-refractivity contribution in [3.05, 3.63) is 81.8 Å². The van der Waals surface area contributed by atoms with Gasteiger partial charge in [-0.3, -0.25) is 9.59 Å². The smallest absolute Gasteiger partial charge is 0.275 e. The van der Waals surface area contributed by atoms with Crippen LogP contribution >= 0.6 is 11.3 Å². The fourth-order valence-electron chi connectivity index (χ4n) is 3.08. The van der Waals surface area contributed by atoms with Gasteiger partial charge in [-0.15, -0.1) is 0 Å². The molecule has 0 saturated heterocycles. The van der Waals surface area contributed by atoms with Crippen molar-refractivity contribution in [1.82, 2.24) is 19.9 Å². The van der Waals surface area contributed by atoms with E-state index in [0.717, 1.165) is 23.1 Å². The zero-order chi connectivity index (χ0) is 21.8. The van der Waals surface area contributed by atoms with Crippen LogP contribution in [-0.2, 0) is 17.8 Å². The standard InChI is InChI=1S/C23H22N4O3S/c1-3-16-6-4-5-7-19(16)30-14-20(28)24-13-18-12-21(29)27-23(25-18)31-22(26-27)17-10-8-15(2)9-11-17/h4-12H,3,13-14H2,1-2H3,(H,24,28). The van der Waals surface area contributed by atoms with Crippen LogP contribution in [0.4, 0.5) is 0 Å². The molecule has 2 heterocycles. The van der Waals surface area contributed by atoms with Gasteiger partial charge < -0.3 is 10.1 Å². The third-order valence-electron chi connectivity index (χ3n) is 4.78. The summed E-state index contributed by atoms with van der Waals surface area (Å²) < 4.78 is 6.91. The van der Waals surface area contributed by atoms with E-state index in [0.29, 0.717) is 21.4 Å². The Morgan fingerprint density at radius 3 is 2.71 bits per heavy atom. The first kappa shape index (κ1) is 20.7. The Labute approximate surface area is 183 Å². The van der Waals surface area contributed by atoms with Crippen LogP contribution in [0.2, 0.25) is 0 Å². The van der Waals surface area contributed by atoms with Crippen molar-refractivity contribution < 1.29 is 9.53 Å². The first-order valence-electron chi connectivity index (χ1n) is 9.97. The normalized spacial score (nSPS) is 10.9. The second-order valence-electron chi connectivity index (χ2n) is 7.08. The fraction of sp³-hybridized carbons (Fsp3) is 0.217. The van der Waals surface area contributed by atoms with Gasteiger partial charge in [0.2, 0.25) is 4.96 Å². The zero-order valence-corrected chi connectivity index (χ0v) is 18.1. The van der Waals surface area contributed by atoms with Crippen LogP contribution in [0.5, 0.6) is 5.75 Å². The Morgan fingerprint density at radius 1 is 1.16 bits per heavy atom. The van der Waals surface area contributed by atoms with Crippen molar-refractivity contribution in [2.45, 2.75) is 26.8 Å². The van der Waals surface area contributed by atoms with Gasteiger partial charge in [0.1, 0.15) is 10.8 Å². The zero-order valence-electron chi connectivity index (χ0n) is 17.3. The molecule has 31 heavy (non-hydrogen) atoms. The molecule has 8 heteroatoms. The highest BCUT2D eigenvalue weighted by Crippen LogP contribution is 2.24. The number of rotatable bonds is 7. The number of fused-ring (bicyclic) bond motifs is 1. The minimum Gasteiger partial charge on any atom is -0.483 e. The molecule has 0 saturated carbocycles. The lowest BCUT2D eigenvalue weighted by atomic mass is 10.1. The molecule has 0 aliphatic rings. The average Bonchev–Trinajstić information content (AvgIpc) is 3.22. The second kappa shape index (κ2) is 9.09. The molecule has 0 radical (unpaired) electrons. The van der Waals surface area contributed by atoms with Crippen molar-refractivity contribution in [1.29, 1.82) is 0 Å². The Kier molecular flexibility index (Phi) is 6.08. The van der Waals surface area contributed by atoms with E-state index in [1.54, 1.807) is 0 Å². The van der Waals surface area contributed by atoms with Crippen molar-refractivity contribution in [2.75, 3.05) is 6.61 Å². The largest absolute Gasteiger partial charge is 0.483 e. The maximum absolute atomic E-state index is 12.5. The molecule has 0 aliphatic heterocycles. The Morgan fingerprint density at radius 2 is 1.94 bits per heavy atom. The van der Waals surface area contributed by atoms with Crippen LogP contribution in [0.1, 0.15) is 23.7 Å². The predicted molar refractivity (Wildman–Crippen MR) is 120 cm³/mol. The highest BCUT2D eigenvalue weighted by molar-refractivity contribution is 7.19. The maximum Gasteiger partial charge on any atom is 0.275 e. The van der Waals surface area contributed by atoms with E-state index in [-0.39, 0.29) is 24.6 Å². The maximum atomic E-state index is 12.5. The molecule has 4 rings (SSSR count). The van der Waals surface area contributed by atoms with Gasteiger partial charge in [-0.05, 0) is 25.0 Å². The number of benzene rings is 2. The average molecular weight is 435 g/mol. The number of nitrogens with zero attached hydrogens (tertiary/aromatic N) is 3. The summed E-state index contributed by atoms with van der Waals surface area (Å²) in [6.07, 6.45) is 0.824. The van der Waals surface area contributed by atoms with Gasteiger partial charge in [-0.25, -0.2) is 4.98 Å². The minimum absolute atomic E-state index is 0.101. The number of nitrogens with one attached hydrogen (secondary N) is 1. The molecule has 0 unspecified atom stereocenters. The van der Waals surface area contributed by atoms with Crippen LogP contribution in [0.25, 0.3) is 15.5 Å². The minimum atomic E-state index is -0.281. The Balaban J connectivity index is 1.43. The van der Waals surface area contributed by atoms with Gasteiger partial charge in [0.05, 0.1) is 12.2 Å². The molecule has 2 aromatic heterocycles. The molecule has 1 amide bonds. The summed E-state index contributed by atoms with van der Waals surface area (Å²) in [5.41, 5.74) is 3.33. The van der Waals surface area contributed by atoms with Gasteiger partial charge >= 0.3 is 0 Å². The van der Waals surface area contributed by atoms with Crippen LogP contribution in [-0.4, -0.2) is 27.1 Å². The lowest BCUT2D eigenvalue weighted by molar-refractivity contribution is -0.123. The van der Waals surface area contributed by atoms with Gasteiger partial charge in [-0.2, -0.15) is 9.61 Å². The van der Waals surface area contributed by atoms with E-state index < -0.39 is 0 Å². The molecule has 0 fully saturated rings. The molecule has 158 valence electrons. The Bertz CT molecular complexity index is 1280. The summed E-state index contributed by atoms with van der Waals surface area (Å²) in [4.78, 5) is 29.6. The quantitative estimate of drug-likeness (QED) is 0.482. The SMILES string of the molecule is CCc1ccccc1OCC(=O)NCc1cc(=O)n2nc(-c3ccc(C)cc3)sc2n1. The number of ether oxygens (including phenoxy) is 1. The van der Waals surface area contributed by atoms with Gasteiger partial charge in [0.15, 0.2) is 6.61 Å². The summed E-state index contributed by atoms with van der Waals surface area (Å²) in [6, 6.07) is 17.0. The third kappa shape index (κ3) is 4.80. The van der Waals surface area contributed by atoms with Gasteiger partial charge in [0.25, 0.3) is 11.5 Å². The molecule has 2 aromatic carbocycles. The molecule has 0 bridgehead atoms. The van der Waals surface area contributed by atoms with Crippen LogP contribution in [0.15, 0.2) is 59.4 Å². The number of amides is 1. The molecule has 0 aliphatic carbocycles. The number of hydrogen-bond donors (Lipinski definition) is 1. The van der Waals surface area contributed by atoms with Crippen LogP contribution in [0.3, 0.4) is 0 Å². The first-order chi connectivity index (χ1) is 15.0. The van der Waals surface area contributed by atoms with Crippen molar-refractivity contribution in [3.8, 4) is 16.3 Å². The van der Waals surface area contributed by atoms with Crippen LogP contribution in [0, 0.1) is 6.92 Å². The summed E-state index contributed by atoms with van der Waals surface area (Å²) in [5, 5.41) is 7.85. The predicted octanol–water partition coefficient (Wildman–Crippen LogP) is 3.38. The summed E-state index contributed by atoms with van der Waals surface area (Å²) in [6.45, 7) is 4.09. The van der Waals surface area contributed by atoms with Gasteiger partial charge in [-0.1, -0.05) is 66.3 Å². The van der Waals surface area contributed by atoms with Crippen LogP contribution < -0.4 is 15.6 Å². The highest BCUT2D eigenvalue weighted by atomic mass is 32.1. The van der Waals surface area contributed by atoms with Crippen molar-refractivity contribution >= 4 is 22.2 Å². The summed E-state index contributed by atoms with van der Waals surface area (Å²) in [5.74, 6) is 0.420. The number of para-hydroxylation sites is 1. The number of aryl methyl sites for hydroxylation is 2. The third-order valence-corrected chi connectivity index (χ3v) is 5.73. The van der Waals surface area contributed by atoms with E-state index in [2.05, 4.69) is 15.4 Å². The number of carbonyl (C=O) groups excluding carboxylic acids is 1. The van der Waals surface area contributed by atoms with E-state index in [9.17, 15) is 9.59 Å². The van der Waals surface area contributed by atoms with E-state index >= 15 is 0 Å². The number of aromatic nitrogens is 3. The van der Waals surface area contributed by atoms with E-state index in [1.807, 2.05) is 62.4 Å². The second-order valence-corrected chi connectivity index (χ2v) is 8.04. The number of hydrogen-bond acceptors (Lipinski definition) is 6. The highest BCUT2D eigenvalue weighted by Gasteiger charge is 2.12. The molecule has 0 spiro atoms. The molecule has 4 aromatic rings. The van der Waals surface area contributed by atoms with Crippen molar-refractivity contribution in [2.24, 2.45) is 0 Å². The molecular weight excluding hydrogens is 412 g/mol. The lowest BCUT2D eigenvalue weighted by Crippen LogP contribution is -2.29.